The van der Waals surface area contributed by atoms with Crippen molar-refractivity contribution in [1.82, 2.24) is 5.43 Å². The van der Waals surface area contributed by atoms with Crippen molar-refractivity contribution >= 4 is 21.7 Å². The van der Waals surface area contributed by atoms with Crippen LogP contribution in [0, 0.1) is 0 Å². The zero-order chi connectivity index (χ0) is 18.1. The van der Waals surface area contributed by atoms with Crippen LogP contribution in [-0.2, 0) is 20.4 Å². The van der Waals surface area contributed by atoms with Gasteiger partial charge in [-0.05, 0) is 35.9 Å². The van der Waals surface area contributed by atoms with Crippen LogP contribution in [0.25, 0.3) is 0 Å². The van der Waals surface area contributed by atoms with Gasteiger partial charge >= 0.3 is 5.97 Å². The summed E-state index contributed by atoms with van der Waals surface area (Å²) in [5.41, 5.74) is 3.51. The second-order valence-electron chi connectivity index (χ2n) is 5.70. The van der Waals surface area contributed by atoms with E-state index >= 15 is 0 Å². The van der Waals surface area contributed by atoms with Gasteiger partial charge < -0.3 is 10.5 Å². The summed E-state index contributed by atoms with van der Waals surface area (Å²) >= 11 is 0. The van der Waals surface area contributed by atoms with Gasteiger partial charge in [0.05, 0.1) is 17.0 Å². The molecule has 0 saturated carbocycles. The molecule has 0 spiro atoms. The number of nitrogens with zero attached hydrogens (tertiary/aromatic N) is 1. The summed E-state index contributed by atoms with van der Waals surface area (Å²) in [6.07, 6.45) is 3.28. The summed E-state index contributed by atoms with van der Waals surface area (Å²) in [7, 11) is -3.79. The molecule has 1 atom stereocenters. The van der Waals surface area contributed by atoms with Gasteiger partial charge in [-0.15, -0.1) is 0 Å². The summed E-state index contributed by atoms with van der Waals surface area (Å²) in [5.74, 6) is -0.955. The number of hydrogen-bond donors (Lipinski definition) is 3. The molecule has 2 aromatic rings. The Morgan fingerprint density at radius 3 is 2.32 bits per heavy atom. The molecule has 130 valence electrons. The number of carboxylic acid groups (broad SMARTS) is 1. The van der Waals surface area contributed by atoms with Gasteiger partial charge in [0.1, 0.15) is 5.54 Å². The summed E-state index contributed by atoms with van der Waals surface area (Å²) in [4.78, 5) is 11.5. The molecule has 1 aliphatic rings. The van der Waals surface area contributed by atoms with Crippen LogP contribution in [0.5, 0.6) is 0 Å². The molecule has 0 bridgehead atoms. The molecule has 1 heterocycles. The molecule has 0 fully saturated rings. The number of aliphatic carboxylic acids is 1. The quantitative estimate of drug-likeness (QED) is 0.746. The molecule has 7 nitrogen and oxygen atoms in total. The lowest BCUT2D eigenvalue weighted by atomic mass is 9.86. The number of nitrogens with one attached hydrogen (secondary N) is 1. The number of hydrazine groups is 1. The average Bonchev–Trinajstić information content (AvgIpc) is 2.99. The Morgan fingerprint density at radius 1 is 1.12 bits per heavy atom. The second kappa shape index (κ2) is 6.23. The fraction of sp³-hybridized carbons (Fsp3) is 0.118. The highest BCUT2D eigenvalue weighted by Gasteiger charge is 2.42. The van der Waals surface area contributed by atoms with Crippen LogP contribution < -0.4 is 15.6 Å². The van der Waals surface area contributed by atoms with Gasteiger partial charge in [-0.2, -0.15) is 0 Å². The van der Waals surface area contributed by atoms with Gasteiger partial charge in [-0.1, -0.05) is 30.3 Å². The molecule has 8 heteroatoms. The van der Waals surface area contributed by atoms with Crippen LogP contribution in [0.2, 0.25) is 0 Å². The minimum atomic E-state index is -3.79. The van der Waals surface area contributed by atoms with Crippen LogP contribution in [-0.4, -0.2) is 19.5 Å². The number of rotatable bonds is 5. The number of nitrogens with two attached hydrogens (primary N) is 1. The second-order valence-corrected chi connectivity index (χ2v) is 7.26. The highest BCUT2D eigenvalue weighted by atomic mass is 32.2. The summed E-state index contributed by atoms with van der Waals surface area (Å²) in [6, 6.07) is 15.2. The number of carboxylic acids is 1. The smallest absolute Gasteiger partial charge is 0.306 e. The Labute approximate surface area is 145 Å². The maximum Gasteiger partial charge on any atom is 0.306 e. The van der Waals surface area contributed by atoms with E-state index in [1.807, 2.05) is 30.3 Å². The SMILES string of the molecule is NS(=O)(=O)c1ccc(N2NC=CC2(CC(=O)O)c2ccccc2)cc1. The van der Waals surface area contributed by atoms with Crippen LogP contribution in [0.15, 0.2) is 71.8 Å². The molecule has 0 aliphatic carbocycles. The normalized spacial score (nSPS) is 19.6. The largest absolute Gasteiger partial charge is 0.481 e. The van der Waals surface area contributed by atoms with E-state index < -0.39 is 21.5 Å². The average molecular weight is 359 g/mol. The first-order valence-electron chi connectivity index (χ1n) is 7.47. The van der Waals surface area contributed by atoms with Crippen LogP contribution in [0.1, 0.15) is 12.0 Å². The van der Waals surface area contributed by atoms with Crippen LogP contribution in [0.4, 0.5) is 5.69 Å². The third kappa shape index (κ3) is 3.21. The lowest BCUT2D eigenvalue weighted by Gasteiger charge is -2.38. The number of primary sulfonamides is 1. The van der Waals surface area contributed by atoms with Gasteiger partial charge in [0.2, 0.25) is 10.0 Å². The first-order chi connectivity index (χ1) is 11.8. The summed E-state index contributed by atoms with van der Waals surface area (Å²) in [6.45, 7) is 0. The monoisotopic (exact) mass is 359 g/mol. The van der Waals surface area contributed by atoms with Gasteiger partial charge in [0.25, 0.3) is 0 Å². The van der Waals surface area contributed by atoms with Gasteiger partial charge in [0, 0.05) is 6.20 Å². The zero-order valence-electron chi connectivity index (χ0n) is 13.2. The first-order valence-corrected chi connectivity index (χ1v) is 9.02. The molecular weight excluding hydrogens is 342 g/mol. The predicted molar refractivity (Wildman–Crippen MR) is 92.9 cm³/mol. The molecule has 1 unspecified atom stereocenters. The van der Waals surface area contributed by atoms with Crippen molar-refractivity contribution in [3.8, 4) is 0 Å². The third-order valence-electron chi connectivity index (χ3n) is 4.08. The number of anilines is 1. The van der Waals surface area contributed by atoms with Crippen molar-refractivity contribution in [2.24, 2.45) is 5.14 Å². The summed E-state index contributed by atoms with van der Waals surface area (Å²) < 4.78 is 22.8. The molecule has 0 amide bonds. The molecule has 0 aromatic heterocycles. The molecule has 0 radical (unpaired) electrons. The maximum atomic E-state index is 11.5. The van der Waals surface area contributed by atoms with E-state index in [9.17, 15) is 18.3 Å². The van der Waals surface area contributed by atoms with Gasteiger partial charge in [0.15, 0.2) is 0 Å². The van der Waals surface area contributed by atoms with E-state index in [0.717, 1.165) is 5.56 Å². The van der Waals surface area contributed by atoms with Crippen LogP contribution in [0.3, 0.4) is 0 Å². The Morgan fingerprint density at radius 2 is 1.76 bits per heavy atom. The minimum absolute atomic E-state index is 0.00745. The maximum absolute atomic E-state index is 11.5. The lowest BCUT2D eigenvalue weighted by Crippen LogP contribution is -2.48. The number of carbonyl (C=O) groups is 1. The van der Waals surface area contributed by atoms with E-state index in [1.54, 1.807) is 29.4 Å². The fourth-order valence-corrected chi connectivity index (χ4v) is 3.47. The Hall–Kier alpha value is -2.84. The molecule has 1 aliphatic heterocycles. The number of benzene rings is 2. The van der Waals surface area contributed by atoms with Crippen molar-refractivity contribution in [3.63, 3.8) is 0 Å². The Balaban J connectivity index is 2.06. The summed E-state index contributed by atoms with van der Waals surface area (Å²) in [5, 5.41) is 16.3. The number of sulfonamides is 1. The highest BCUT2D eigenvalue weighted by Crippen LogP contribution is 2.39. The minimum Gasteiger partial charge on any atom is -0.481 e. The molecule has 0 saturated heterocycles. The van der Waals surface area contributed by atoms with E-state index in [-0.39, 0.29) is 11.3 Å². The molecule has 4 N–H and O–H groups in total. The van der Waals surface area contributed by atoms with Crippen molar-refractivity contribution in [2.45, 2.75) is 16.9 Å². The highest BCUT2D eigenvalue weighted by molar-refractivity contribution is 7.89. The molecule has 2 aromatic carbocycles. The van der Waals surface area contributed by atoms with E-state index in [0.29, 0.717) is 5.69 Å². The zero-order valence-corrected chi connectivity index (χ0v) is 14.0. The number of hydrogen-bond acceptors (Lipinski definition) is 5. The third-order valence-corrected chi connectivity index (χ3v) is 5.01. The molecule has 3 rings (SSSR count). The first kappa shape index (κ1) is 17.0. The Bertz CT molecular complexity index is 911. The van der Waals surface area contributed by atoms with Gasteiger partial charge in [-0.25, -0.2) is 13.6 Å². The van der Waals surface area contributed by atoms with Gasteiger partial charge in [-0.3, -0.25) is 9.80 Å². The molecule has 25 heavy (non-hydrogen) atoms. The van der Waals surface area contributed by atoms with Crippen molar-refractivity contribution in [1.29, 1.82) is 0 Å². The van der Waals surface area contributed by atoms with Crippen molar-refractivity contribution in [3.05, 3.63) is 72.4 Å². The fourth-order valence-electron chi connectivity index (χ4n) is 2.95. The van der Waals surface area contributed by atoms with Crippen molar-refractivity contribution < 1.29 is 18.3 Å². The van der Waals surface area contributed by atoms with E-state index in [1.165, 1.54) is 12.1 Å². The predicted octanol–water partition coefficient (Wildman–Crippen LogP) is 1.54. The van der Waals surface area contributed by atoms with E-state index in [4.69, 9.17) is 5.14 Å². The standard InChI is InChI=1S/C17H17N3O4S/c18-25(23,24)15-8-6-14(7-9-15)20-17(10-11-19-20,12-16(21)22)13-4-2-1-3-5-13/h1-11,19H,12H2,(H,21,22)(H2,18,23,24). The van der Waals surface area contributed by atoms with E-state index in [2.05, 4.69) is 5.43 Å². The topological polar surface area (TPSA) is 113 Å². The van der Waals surface area contributed by atoms with Crippen molar-refractivity contribution in [2.75, 3.05) is 5.01 Å². The Kier molecular flexibility index (Phi) is 4.23. The molecular formula is C17H17N3O4S. The lowest BCUT2D eigenvalue weighted by molar-refractivity contribution is -0.138. The van der Waals surface area contributed by atoms with Crippen LogP contribution >= 0.6 is 0 Å².